The minimum Gasteiger partial charge on any atom is -0.495 e. The van der Waals surface area contributed by atoms with Crippen LogP contribution >= 0.6 is 11.3 Å². The number of amides is 2. The van der Waals surface area contributed by atoms with Crippen LogP contribution in [0.3, 0.4) is 0 Å². The van der Waals surface area contributed by atoms with E-state index in [1.54, 1.807) is 19.2 Å². The summed E-state index contributed by atoms with van der Waals surface area (Å²) in [7, 11) is 1.57. The van der Waals surface area contributed by atoms with Crippen molar-refractivity contribution in [3.05, 3.63) is 59.5 Å². The van der Waals surface area contributed by atoms with Gasteiger partial charge in [-0.15, -0.1) is 11.3 Å². The number of para-hydroxylation sites is 2. The first-order valence-corrected chi connectivity index (χ1v) is 9.21. The van der Waals surface area contributed by atoms with Crippen molar-refractivity contribution in [3.8, 4) is 17.0 Å². The summed E-state index contributed by atoms with van der Waals surface area (Å²) >= 11 is 1.39. The van der Waals surface area contributed by atoms with Crippen molar-refractivity contribution in [3.63, 3.8) is 0 Å². The fourth-order valence-electron chi connectivity index (χ4n) is 2.50. The molecule has 2 N–H and O–H groups in total. The molecule has 0 aliphatic heterocycles. The SMILES string of the molecule is COc1ccccc1NC(=O)Nc1nc(-c2ccc(C(C)C)cc2)cs1. The summed E-state index contributed by atoms with van der Waals surface area (Å²) in [4.78, 5) is 16.7. The lowest BCUT2D eigenvalue weighted by molar-refractivity contribution is 0.262. The molecule has 0 atom stereocenters. The van der Waals surface area contributed by atoms with E-state index >= 15 is 0 Å². The largest absolute Gasteiger partial charge is 0.495 e. The standard InChI is InChI=1S/C20H21N3O2S/c1-13(2)14-8-10-15(11-9-14)17-12-26-20(22-17)23-19(24)21-16-6-4-5-7-18(16)25-3/h4-13H,1-3H3,(H2,21,22,23,24). The fourth-order valence-corrected chi connectivity index (χ4v) is 3.22. The lowest BCUT2D eigenvalue weighted by Gasteiger charge is -2.09. The summed E-state index contributed by atoms with van der Waals surface area (Å²) in [6.07, 6.45) is 0. The Kier molecular flexibility index (Phi) is 5.53. The molecule has 0 aliphatic rings. The van der Waals surface area contributed by atoms with Crippen molar-refractivity contribution in [2.75, 3.05) is 17.7 Å². The lowest BCUT2D eigenvalue weighted by atomic mass is 10.0. The number of carbonyl (C=O) groups is 1. The molecule has 6 heteroatoms. The van der Waals surface area contributed by atoms with E-state index in [0.29, 0.717) is 22.5 Å². The number of aromatic nitrogens is 1. The summed E-state index contributed by atoms with van der Waals surface area (Å²) in [5, 5.41) is 8.01. The predicted octanol–water partition coefficient (Wildman–Crippen LogP) is 5.59. The third-order valence-electron chi connectivity index (χ3n) is 3.95. The van der Waals surface area contributed by atoms with Gasteiger partial charge < -0.3 is 10.1 Å². The monoisotopic (exact) mass is 367 g/mol. The molecule has 0 saturated carbocycles. The Hall–Kier alpha value is -2.86. The van der Waals surface area contributed by atoms with Crippen molar-refractivity contribution >= 4 is 28.2 Å². The second-order valence-electron chi connectivity index (χ2n) is 6.09. The van der Waals surface area contributed by atoms with E-state index in [1.807, 2.05) is 17.5 Å². The highest BCUT2D eigenvalue weighted by Crippen LogP contribution is 2.27. The maximum atomic E-state index is 12.2. The number of anilines is 2. The zero-order valence-corrected chi connectivity index (χ0v) is 15.8. The molecule has 26 heavy (non-hydrogen) atoms. The Balaban J connectivity index is 1.67. The number of benzene rings is 2. The quantitative estimate of drug-likeness (QED) is 0.618. The summed E-state index contributed by atoms with van der Waals surface area (Å²) in [6.45, 7) is 4.33. The van der Waals surface area contributed by atoms with Crippen molar-refractivity contribution in [2.24, 2.45) is 0 Å². The van der Waals surface area contributed by atoms with Crippen LogP contribution < -0.4 is 15.4 Å². The Morgan fingerprint density at radius 1 is 1.08 bits per heavy atom. The molecule has 134 valence electrons. The van der Waals surface area contributed by atoms with Crippen molar-refractivity contribution < 1.29 is 9.53 Å². The molecule has 2 aromatic carbocycles. The average Bonchev–Trinajstić information content (AvgIpc) is 3.10. The summed E-state index contributed by atoms with van der Waals surface area (Å²) in [5.74, 6) is 1.10. The highest BCUT2D eigenvalue weighted by molar-refractivity contribution is 7.14. The normalized spacial score (nSPS) is 10.6. The van der Waals surface area contributed by atoms with Crippen LogP contribution in [-0.2, 0) is 0 Å². The van der Waals surface area contributed by atoms with Crippen molar-refractivity contribution in [1.29, 1.82) is 0 Å². The Labute approximate surface area is 157 Å². The number of hydrogen-bond acceptors (Lipinski definition) is 4. The smallest absolute Gasteiger partial charge is 0.325 e. The molecule has 0 saturated heterocycles. The van der Waals surface area contributed by atoms with Crippen molar-refractivity contribution in [1.82, 2.24) is 4.98 Å². The third kappa shape index (κ3) is 4.21. The van der Waals surface area contributed by atoms with E-state index in [9.17, 15) is 4.79 Å². The minimum atomic E-state index is -0.356. The van der Waals surface area contributed by atoms with E-state index < -0.39 is 0 Å². The number of thiazole rings is 1. The van der Waals surface area contributed by atoms with Crippen LogP contribution in [-0.4, -0.2) is 18.1 Å². The van der Waals surface area contributed by atoms with Gasteiger partial charge in [-0.2, -0.15) is 0 Å². The fraction of sp³-hybridized carbons (Fsp3) is 0.200. The molecule has 0 aliphatic carbocycles. The van der Waals surface area contributed by atoms with Crippen LogP contribution in [0.2, 0.25) is 0 Å². The van der Waals surface area contributed by atoms with Gasteiger partial charge in [-0.3, -0.25) is 5.32 Å². The van der Waals surface area contributed by atoms with Crippen LogP contribution in [0.4, 0.5) is 15.6 Å². The second kappa shape index (κ2) is 8.01. The molecule has 0 unspecified atom stereocenters. The molecule has 1 aromatic heterocycles. The predicted molar refractivity (Wildman–Crippen MR) is 107 cm³/mol. The topological polar surface area (TPSA) is 63.2 Å². The van der Waals surface area contributed by atoms with E-state index in [-0.39, 0.29) is 6.03 Å². The Morgan fingerprint density at radius 2 is 1.81 bits per heavy atom. The van der Waals surface area contributed by atoms with Crippen LogP contribution in [0.5, 0.6) is 5.75 Å². The van der Waals surface area contributed by atoms with Crippen LogP contribution in [0, 0.1) is 0 Å². The maximum absolute atomic E-state index is 12.2. The van der Waals surface area contributed by atoms with Gasteiger partial charge >= 0.3 is 6.03 Å². The van der Waals surface area contributed by atoms with Gasteiger partial charge in [0.1, 0.15) is 5.75 Å². The molecule has 0 bridgehead atoms. The van der Waals surface area contributed by atoms with Gasteiger partial charge in [0.25, 0.3) is 0 Å². The van der Waals surface area contributed by atoms with E-state index in [4.69, 9.17) is 4.74 Å². The van der Waals surface area contributed by atoms with Crippen molar-refractivity contribution in [2.45, 2.75) is 19.8 Å². The first-order valence-electron chi connectivity index (χ1n) is 8.33. The van der Waals surface area contributed by atoms with Crippen LogP contribution in [0.25, 0.3) is 11.3 Å². The average molecular weight is 367 g/mol. The number of rotatable bonds is 5. The van der Waals surface area contributed by atoms with Gasteiger partial charge in [0.15, 0.2) is 5.13 Å². The molecule has 1 heterocycles. The number of nitrogens with one attached hydrogen (secondary N) is 2. The van der Waals surface area contributed by atoms with Gasteiger partial charge in [-0.05, 0) is 23.6 Å². The minimum absolute atomic E-state index is 0.356. The molecule has 3 aromatic rings. The van der Waals surface area contributed by atoms with Crippen LogP contribution in [0.15, 0.2) is 53.9 Å². The number of nitrogens with zero attached hydrogens (tertiary/aromatic N) is 1. The zero-order valence-electron chi connectivity index (χ0n) is 14.9. The number of ether oxygens (including phenoxy) is 1. The first kappa shape index (κ1) is 17.9. The van der Waals surface area contributed by atoms with Gasteiger partial charge in [-0.1, -0.05) is 50.2 Å². The zero-order chi connectivity index (χ0) is 18.5. The highest BCUT2D eigenvalue weighted by Gasteiger charge is 2.10. The van der Waals surface area contributed by atoms with Gasteiger partial charge in [0, 0.05) is 10.9 Å². The highest BCUT2D eigenvalue weighted by atomic mass is 32.1. The molecule has 0 fully saturated rings. The summed E-state index contributed by atoms with van der Waals surface area (Å²) in [6, 6.07) is 15.2. The number of methoxy groups -OCH3 is 1. The van der Waals surface area contributed by atoms with Gasteiger partial charge in [0.05, 0.1) is 18.5 Å². The Bertz CT molecular complexity index is 888. The van der Waals surface area contributed by atoms with Gasteiger partial charge in [0.2, 0.25) is 0 Å². The first-order chi connectivity index (χ1) is 12.6. The van der Waals surface area contributed by atoms with E-state index in [0.717, 1.165) is 11.3 Å². The number of carbonyl (C=O) groups excluding carboxylic acids is 1. The van der Waals surface area contributed by atoms with E-state index in [1.165, 1.54) is 16.9 Å². The number of urea groups is 1. The molecular weight excluding hydrogens is 346 g/mol. The maximum Gasteiger partial charge on any atom is 0.325 e. The Morgan fingerprint density at radius 3 is 2.50 bits per heavy atom. The molecule has 0 radical (unpaired) electrons. The molecular formula is C20H21N3O2S. The summed E-state index contributed by atoms with van der Waals surface area (Å²) < 4.78 is 5.23. The molecule has 3 rings (SSSR count). The number of hydrogen-bond donors (Lipinski definition) is 2. The molecule has 5 nitrogen and oxygen atoms in total. The van der Waals surface area contributed by atoms with Crippen LogP contribution in [0.1, 0.15) is 25.3 Å². The van der Waals surface area contributed by atoms with Gasteiger partial charge in [-0.25, -0.2) is 9.78 Å². The van der Waals surface area contributed by atoms with E-state index in [2.05, 4.69) is 53.7 Å². The summed E-state index contributed by atoms with van der Waals surface area (Å²) in [5.41, 5.74) is 3.77. The lowest BCUT2D eigenvalue weighted by Crippen LogP contribution is -2.19. The molecule has 2 amide bonds. The second-order valence-corrected chi connectivity index (χ2v) is 6.95. The molecule has 0 spiro atoms. The third-order valence-corrected chi connectivity index (χ3v) is 4.71.